The van der Waals surface area contributed by atoms with E-state index in [0.29, 0.717) is 10.6 Å². The van der Waals surface area contributed by atoms with Gasteiger partial charge in [-0.15, -0.1) is 0 Å². The van der Waals surface area contributed by atoms with Gasteiger partial charge in [-0.3, -0.25) is 0 Å². The summed E-state index contributed by atoms with van der Waals surface area (Å²) >= 11 is 6.19. The molecule has 0 bridgehead atoms. The first kappa shape index (κ1) is 15.0. The summed E-state index contributed by atoms with van der Waals surface area (Å²) in [5.41, 5.74) is 4.03. The van der Waals surface area contributed by atoms with E-state index in [9.17, 15) is 4.39 Å². The molecule has 0 aromatic heterocycles. The van der Waals surface area contributed by atoms with E-state index in [4.69, 9.17) is 11.6 Å². The Morgan fingerprint density at radius 2 is 1.80 bits per heavy atom. The standard InChI is InChI=1S/C17H19ClFN/c1-11-4-6-13(7-5-11)9-17(20-3)14-8-12(2)16(19)10-15(14)18/h4-8,10,17,20H,9H2,1-3H3. The highest BCUT2D eigenvalue weighted by atomic mass is 35.5. The predicted octanol–water partition coefficient (Wildman–Crippen LogP) is 4.60. The van der Waals surface area contributed by atoms with Gasteiger partial charge >= 0.3 is 0 Å². The first-order valence-corrected chi connectivity index (χ1v) is 7.07. The maximum atomic E-state index is 13.5. The molecule has 1 nitrogen and oxygen atoms in total. The number of rotatable bonds is 4. The lowest BCUT2D eigenvalue weighted by atomic mass is 9.97. The Balaban J connectivity index is 2.28. The molecule has 0 radical (unpaired) electrons. The summed E-state index contributed by atoms with van der Waals surface area (Å²) in [6, 6.07) is 11.7. The molecule has 1 atom stereocenters. The molecule has 1 N–H and O–H groups in total. The molecule has 1 unspecified atom stereocenters. The highest BCUT2D eigenvalue weighted by Crippen LogP contribution is 2.28. The topological polar surface area (TPSA) is 12.0 Å². The Labute approximate surface area is 124 Å². The Kier molecular flexibility index (Phi) is 4.79. The molecule has 0 saturated carbocycles. The van der Waals surface area contributed by atoms with Crippen LogP contribution in [0.5, 0.6) is 0 Å². The van der Waals surface area contributed by atoms with Crippen LogP contribution in [-0.4, -0.2) is 7.05 Å². The second kappa shape index (κ2) is 6.38. The van der Waals surface area contributed by atoms with Gasteiger partial charge < -0.3 is 5.32 Å². The number of nitrogens with one attached hydrogen (secondary N) is 1. The lowest BCUT2D eigenvalue weighted by molar-refractivity contribution is 0.583. The van der Waals surface area contributed by atoms with Gasteiger partial charge in [0.2, 0.25) is 0 Å². The fourth-order valence-electron chi connectivity index (χ4n) is 2.27. The van der Waals surface area contributed by atoms with E-state index >= 15 is 0 Å². The van der Waals surface area contributed by atoms with E-state index in [1.807, 2.05) is 13.1 Å². The van der Waals surface area contributed by atoms with Gasteiger partial charge in [0.05, 0.1) is 0 Å². The minimum atomic E-state index is -0.260. The van der Waals surface area contributed by atoms with Crippen LogP contribution in [0.4, 0.5) is 4.39 Å². The van der Waals surface area contributed by atoms with Crippen LogP contribution in [0.1, 0.15) is 28.3 Å². The fourth-order valence-corrected chi connectivity index (χ4v) is 2.56. The quantitative estimate of drug-likeness (QED) is 0.868. The SMILES string of the molecule is CNC(Cc1ccc(C)cc1)c1cc(C)c(F)cc1Cl. The Hall–Kier alpha value is -1.38. The van der Waals surface area contributed by atoms with Gasteiger partial charge in [0, 0.05) is 11.1 Å². The summed E-state index contributed by atoms with van der Waals surface area (Å²) < 4.78 is 13.5. The fraction of sp³-hybridized carbons (Fsp3) is 0.294. The maximum Gasteiger partial charge on any atom is 0.127 e. The molecule has 0 saturated heterocycles. The van der Waals surface area contributed by atoms with Crippen LogP contribution < -0.4 is 5.32 Å². The van der Waals surface area contributed by atoms with Crippen molar-refractivity contribution in [2.45, 2.75) is 26.3 Å². The van der Waals surface area contributed by atoms with Crippen molar-refractivity contribution >= 4 is 11.6 Å². The lowest BCUT2D eigenvalue weighted by Gasteiger charge is -2.19. The highest BCUT2D eigenvalue weighted by molar-refractivity contribution is 6.31. The van der Waals surface area contributed by atoms with E-state index < -0.39 is 0 Å². The largest absolute Gasteiger partial charge is 0.313 e. The van der Waals surface area contributed by atoms with Crippen molar-refractivity contribution in [3.8, 4) is 0 Å². The normalized spacial score (nSPS) is 12.4. The van der Waals surface area contributed by atoms with E-state index in [1.54, 1.807) is 6.92 Å². The number of likely N-dealkylation sites (N-methyl/N-ethyl adjacent to an activating group) is 1. The van der Waals surface area contributed by atoms with Gasteiger partial charge in [0.25, 0.3) is 0 Å². The van der Waals surface area contributed by atoms with Crippen LogP contribution in [0.25, 0.3) is 0 Å². The zero-order chi connectivity index (χ0) is 14.7. The van der Waals surface area contributed by atoms with Crippen molar-refractivity contribution in [2.24, 2.45) is 0 Å². The minimum absolute atomic E-state index is 0.0736. The highest BCUT2D eigenvalue weighted by Gasteiger charge is 2.15. The molecule has 0 aliphatic heterocycles. The van der Waals surface area contributed by atoms with Gasteiger partial charge in [-0.05, 0) is 50.1 Å². The molecule has 0 amide bonds. The van der Waals surface area contributed by atoms with E-state index in [1.165, 1.54) is 17.2 Å². The molecule has 0 fully saturated rings. The van der Waals surface area contributed by atoms with Gasteiger partial charge in [-0.1, -0.05) is 47.5 Å². The first-order chi connectivity index (χ1) is 9.51. The summed E-state index contributed by atoms with van der Waals surface area (Å²) in [6.45, 7) is 3.83. The van der Waals surface area contributed by atoms with Gasteiger partial charge in [-0.25, -0.2) is 4.39 Å². The summed E-state index contributed by atoms with van der Waals surface area (Å²) in [6.07, 6.45) is 0.821. The third-order valence-corrected chi connectivity index (χ3v) is 3.89. The Bertz CT molecular complexity index is 593. The number of benzene rings is 2. The van der Waals surface area contributed by atoms with Crippen LogP contribution >= 0.6 is 11.6 Å². The number of halogens is 2. The summed E-state index contributed by atoms with van der Waals surface area (Å²) in [7, 11) is 1.90. The molecule has 3 heteroatoms. The number of hydrogen-bond donors (Lipinski definition) is 1. The Morgan fingerprint density at radius 3 is 2.40 bits per heavy atom. The molecule has 2 aromatic carbocycles. The molecule has 0 heterocycles. The predicted molar refractivity (Wildman–Crippen MR) is 82.8 cm³/mol. The van der Waals surface area contributed by atoms with Crippen LogP contribution in [-0.2, 0) is 6.42 Å². The van der Waals surface area contributed by atoms with Crippen LogP contribution in [0.3, 0.4) is 0 Å². The molecular weight excluding hydrogens is 273 g/mol. The smallest absolute Gasteiger partial charge is 0.127 e. The van der Waals surface area contributed by atoms with Crippen molar-refractivity contribution in [2.75, 3.05) is 7.05 Å². The van der Waals surface area contributed by atoms with Crippen molar-refractivity contribution < 1.29 is 4.39 Å². The zero-order valence-electron chi connectivity index (χ0n) is 12.0. The third kappa shape index (κ3) is 3.38. The van der Waals surface area contributed by atoms with Gasteiger partial charge in [0.1, 0.15) is 5.82 Å². The van der Waals surface area contributed by atoms with Gasteiger partial charge in [-0.2, -0.15) is 0 Å². The van der Waals surface area contributed by atoms with Gasteiger partial charge in [0.15, 0.2) is 0 Å². The second-order valence-electron chi connectivity index (χ2n) is 5.15. The summed E-state index contributed by atoms with van der Waals surface area (Å²) in [5, 5.41) is 3.73. The lowest BCUT2D eigenvalue weighted by Crippen LogP contribution is -2.19. The average molecular weight is 292 g/mol. The average Bonchev–Trinajstić information content (AvgIpc) is 2.43. The van der Waals surface area contributed by atoms with E-state index in [-0.39, 0.29) is 11.9 Å². The molecule has 0 aliphatic rings. The van der Waals surface area contributed by atoms with Crippen molar-refractivity contribution in [3.05, 3.63) is 69.5 Å². The monoisotopic (exact) mass is 291 g/mol. The Morgan fingerprint density at radius 1 is 1.15 bits per heavy atom. The molecule has 0 aliphatic carbocycles. The molecule has 106 valence electrons. The van der Waals surface area contributed by atoms with Crippen molar-refractivity contribution in [1.82, 2.24) is 5.32 Å². The summed E-state index contributed by atoms with van der Waals surface area (Å²) in [5.74, 6) is -0.260. The second-order valence-corrected chi connectivity index (χ2v) is 5.56. The van der Waals surface area contributed by atoms with E-state index in [2.05, 4.69) is 36.5 Å². The molecule has 2 rings (SSSR count). The minimum Gasteiger partial charge on any atom is -0.313 e. The zero-order valence-corrected chi connectivity index (χ0v) is 12.8. The third-order valence-electron chi connectivity index (χ3n) is 3.56. The van der Waals surface area contributed by atoms with Crippen LogP contribution in [0, 0.1) is 19.7 Å². The molecular formula is C17H19ClFN. The number of hydrogen-bond acceptors (Lipinski definition) is 1. The van der Waals surface area contributed by atoms with Crippen LogP contribution in [0.2, 0.25) is 5.02 Å². The molecule has 2 aromatic rings. The van der Waals surface area contributed by atoms with Crippen molar-refractivity contribution in [1.29, 1.82) is 0 Å². The first-order valence-electron chi connectivity index (χ1n) is 6.69. The molecule has 0 spiro atoms. The van der Waals surface area contributed by atoms with E-state index in [0.717, 1.165) is 12.0 Å². The maximum absolute atomic E-state index is 13.5. The van der Waals surface area contributed by atoms with Crippen molar-refractivity contribution in [3.63, 3.8) is 0 Å². The molecule has 20 heavy (non-hydrogen) atoms. The number of aryl methyl sites for hydroxylation is 2. The summed E-state index contributed by atoms with van der Waals surface area (Å²) in [4.78, 5) is 0. The van der Waals surface area contributed by atoms with Crippen LogP contribution in [0.15, 0.2) is 36.4 Å².